The molecule has 0 saturated carbocycles. The zero-order chi connectivity index (χ0) is 14.5. The number of halogens is 1. The zero-order valence-corrected chi connectivity index (χ0v) is 13.9. The van der Waals surface area contributed by atoms with Crippen LogP contribution in [0.4, 0.5) is 0 Å². The van der Waals surface area contributed by atoms with Crippen molar-refractivity contribution in [1.29, 1.82) is 0 Å². The fraction of sp³-hybridized carbons (Fsp3) is 0.333. The molecule has 2 heteroatoms. The largest absolute Gasteiger partial charge is 0.304 e. The van der Waals surface area contributed by atoms with Gasteiger partial charge in [-0.3, -0.25) is 0 Å². The van der Waals surface area contributed by atoms with Gasteiger partial charge < -0.3 is 5.32 Å². The van der Waals surface area contributed by atoms with Crippen molar-refractivity contribution in [3.05, 3.63) is 69.7 Å². The van der Waals surface area contributed by atoms with Gasteiger partial charge >= 0.3 is 0 Å². The molecule has 1 unspecified atom stereocenters. The third-order valence-corrected chi connectivity index (χ3v) is 4.29. The maximum Gasteiger partial charge on any atom is 0.0297 e. The molecule has 0 amide bonds. The maximum atomic E-state index is 3.65. The highest BCUT2D eigenvalue weighted by Crippen LogP contribution is 2.21. The van der Waals surface area contributed by atoms with Crippen molar-refractivity contribution < 1.29 is 0 Å². The minimum atomic E-state index is 0.337. The molecule has 1 N–H and O–H groups in total. The van der Waals surface area contributed by atoms with E-state index < -0.39 is 0 Å². The Morgan fingerprint density at radius 3 is 1.75 bits per heavy atom. The normalized spacial score (nSPS) is 14.0. The lowest BCUT2D eigenvalue weighted by Crippen LogP contribution is -2.22. The first-order valence-electron chi connectivity index (χ1n) is 7.20. The first-order valence-corrected chi connectivity index (χ1v) is 7.99. The van der Waals surface area contributed by atoms with Gasteiger partial charge in [0, 0.05) is 16.6 Å². The van der Waals surface area contributed by atoms with Crippen LogP contribution < -0.4 is 5.32 Å². The van der Waals surface area contributed by atoms with Crippen LogP contribution >= 0.6 is 15.9 Å². The van der Waals surface area contributed by atoms with Crippen molar-refractivity contribution in [3.63, 3.8) is 0 Å². The minimum absolute atomic E-state index is 0.337. The summed E-state index contributed by atoms with van der Waals surface area (Å²) in [7, 11) is 0. The maximum absolute atomic E-state index is 3.65. The van der Waals surface area contributed by atoms with Gasteiger partial charge in [-0.25, -0.2) is 0 Å². The minimum Gasteiger partial charge on any atom is -0.304 e. The first-order chi connectivity index (χ1) is 9.60. The van der Waals surface area contributed by atoms with Gasteiger partial charge in [0.25, 0.3) is 0 Å². The number of nitrogens with one attached hydrogen (secondary N) is 1. The predicted molar refractivity (Wildman–Crippen MR) is 89.9 cm³/mol. The fourth-order valence-corrected chi connectivity index (χ4v) is 2.63. The van der Waals surface area contributed by atoms with Crippen molar-refractivity contribution in [3.8, 4) is 0 Å². The molecule has 0 fully saturated rings. The van der Waals surface area contributed by atoms with Crippen LogP contribution in [-0.2, 0) is 6.42 Å². The highest BCUT2D eigenvalue weighted by Gasteiger charge is 2.10. The summed E-state index contributed by atoms with van der Waals surface area (Å²) in [4.78, 5) is 0. The topological polar surface area (TPSA) is 12.0 Å². The predicted octanol–water partition coefficient (Wildman–Crippen LogP) is 5.42. The Balaban J connectivity index is 2.02. The number of rotatable bonds is 5. The molecule has 0 bridgehead atoms. The summed E-state index contributed by atoms with van der Waals surface area (Å²) in [6.07, 6.45) is 1.09. The molecule has 2 atom stereocenters. The van der Waals surface area contributed by atoms with Crippen molar-refractivity contribution >= 4 is 15.9 Å². The van der Waals surface area contributed by atoms with E-state index in [1.807, 2.05) is 0 Å². The molecule has 0 aliphatic carbocycles. The van der Waals surface area contributed by atoms with Gasteiger partial charge in [0.1, 0.15) is 0 Å². The molecule has 0 radical (unpaired) electrons. The monoisotopic (exact) mass is 331 g/mol. The summed E-state index contributed by atoms with van der Waals surface area (Å²) in [5.41, 5.74) is 4.04. The third kappa shape index (κ3) is 3.94. The van der Waals surface area contributed by atoms with E-state index in [1.165, 1.54) is 16.7 Å². The number of benzene rings is 2. The highest BCUT2D eigenvalue weighted by molar-refractivity contribution is 9.10. The molecule has 0 saturated heterocycles. The lowest BCUT2D eigenvalue weighted by molar-refractivity contribution is 0.494. The Labute approximate surface area is 130 Å². The van der Waals surface area contributed by atoms with Crippen molar-refractivity contribution in [2.75, 3.05) is 0 Å². The van der Waals surface area contributed by atoms with Gasteiger partial charge in [0.15, 0.2) is 0 Å². The number of hydrogen-bond acceptors (Lipinski definition) is 1. The van der Waals surface area contributed by atoms with Gasteiger partial charge in [0.2, 0.25) is 0 Å². The van der Waals surface area contributed by atoms with Crippen LogP contribution in [0.2, 0.25) is 0 Å². The highest BCUT2D eigenvalue weighted by atomic mass is 79.9. The zero-order valence-electron chi connectivity index (χ0n) is 12.4. The standard InChI is InChI=1S/C18H22BrN/c1-4-15-5-7-16(8-6-15)13(2)20-14(3)17-9-11-18(19)12-10-17/h5-14,20H,4H2,1-3H3/t13?,14-/m0/s1. The Kier molecular flexibility index (Phi) is 5.38. The molecule has 2 rings (SSSR count). The van der Waals surface area contributed by atoms with Gasteiger partial charge in [-0.2, -0.15) is 0 Å². The van der Waals surface area contributed by atoms with Gasteiger partial charge in [-0.1, -0.05) is 59.3 Å². The third-order valence-electron chi connectivity index (χ3n) is 3.76. The second kappa shape index (κ2) is 7.05. The molecular weight excluding hydrogens is 310 g/mol. The summed E-state index contributed by atoms with van der Waals surface area (Å²) in [5.74, 6) is 0. The van der Waals surface area contributed by atoms with E-state index in [1.54, 1.807) is 0 Å². The van der Waals surface area contributed by atoms with E-state index in [9.17, 15) is 0 Å². The number of hydrogen-bond donors (Lipinski definition) is 1. The lowest BCUT2D eigenvalue weighted by Gasteiger charge is -2.21. The average molecular weight is 332 g/mol. The molecule has 1 nitrogen and oxygen atoms in total. The van der Waals surface area contributed by atoms with E-state index in [0.29, 0.717) is 12.1 Å². The van der Waals surface area contributed by atoms with E-state index in [2.05, 4.69) is 90.5 Å². The molecule has 106 valence electrons. The van der Waals surface area contributed by atoms with Crippen LogP contribution in [-0.4, -0.2) is 0 Å². The summed E-state index contributed by atoms with van der Waals surface area (Å²) >= 11 is 3.48. The summed E-state index contributed by atoms with van der Waals surface area (Å²) in [6, 6.07) is 18.1. The molecule has 2 aromatic carbocycles. The summed E-state index contributed by atoms with van der Waals surface area (Å²) in [5, 5.41) is 3.65. The number of aryl methyl sites for hydroxylation is 1. The second-order valence-electron chi connectivity index (χ2n) is 5.26. The lowest BCUT2D eigenvalue weighted by atomic mass is 10.0. The van der Waals surface area contributed by atoms with Crippen LogP contribution in [0, 0.1) is 0 Å². The van der Waals surface area contributed by atoms with Crippen LogP contribution in [0.25, 0.3) is 0 Å². The van der Waals surface area contributed by atoms with Crippen LogP contribution in [0.1, 0.15) is 49.5 Å². The first kappa shape index (κ1) is 15.3. The van der Waals surface area contributed by atoms with Gasteiger partial charge in [-0.15, -0.1) is 0 Å². The summed E-state index contributed by atoms with van der Waals surface area (Å²) in [6.45, 7) is 6.61. The summed E-state index contributed by atoms with van der Waals surface area (Å²) < 4.78 is 1.12. The van der Waals surface area contributed by atoms with E-state index >= 15 is 0 Å². The molecule has 0 aromatic heterocycles. The van der Waals surface area contributed by atoms with E-state index in [-0.39, 0.29) is 0 Å². The fourth-order valence-electron chi connectivity index (χ4n) is 2.36. The quantitative estimate of drug-likeness (QED) is 0.770. The van der Waals surface area contributed by atoms with Crippen LogP contribution in [0.15, 0.2) is 53.0 Å². The molecule has 0 spiro atoms. The molecule has 2 aromatic rings. The van der Waals surface area contributed by atoms with Gasteiger partial charge in [0.05, 0.1) is 0 Å². The molecule has 0 aliphatic heterocycles. The Hall–Kier alpha value is -1.12. The average Bonchev–Trinajstić information content (AvgIpc) is 2.48. The molecule has 20 heavy (non-hydrogen) atoms. The Bertz CT molecular complexity index is 530. The van der Waals surface area contributed by atoms with Crippen LogP contribution in [0.5, 0.6) is 0 Å². The Morgan fingerprint density at radius 1 is 0.850 bits per heavy atom. The van der Waals surface area contributed by atoms with E-state index in [0.717, 1.165) is 10.9 Å². The van der Waals surface area contributed by atoms with Gasteiger partial charge in [-0.05, 0) is 49.1 Å². The van der Waals surface area contributed by atoms with Crippen molar-refractivity contribution in [2.45, 2.75) is 39.3 Å². The van der Waals surface area contributed by atoms with Crippen molar-refractivity contribution in [2.24, 2.45) is 0 Å². The Morgan fingerprint density at radius 2 is 1.30 bits per heavy atom. The smallest absolute Gasteiger partial charge is 0.0297 e. The molecule has 0 aliphatic rings. The SMILES string of the molecule is CCc1ccc(C(C)N[C@@H](C)c2ccc(Br)cc2)cc1. The second-order valence-corrected chi connectivity index (χ2v) is 6.17. The van der Waals surface area contributed by atoms with Crippen LogP contribution in [0.3, 0.4) is 0 Å². The molecular formula is C18H22BrN. The van der Waals surface area contributed by atoms with Crippen molar-refractivity contribution in [1.82, 2.24) is 5.32 Å². The molecule has 0 heterocycles. The van der Waals surface area contributed by atoms with E-state index in [4.69, 9.17) is 0 Å².